The highest BCUT2D eigenvalue weighted by molar-refractivity contribution is 5.74. The maximum Gasteiger partial charge on any atom is 0.317 e. The van der Waals surface area contributed by atoms with Gasteiger partial charge in [0, 0.05) is 44.3 Å². The van der Waals surface area contributed by atoms with Gasteiger partial charge in [-0.15, -0.1) is 0 Å². The van der Waals surface area contributed by atoms with Crippen molar-refractivity contribution in [2.75, 3.05) is 26.2 Å². The van der Waals surface area contributed by atoms with Crippen LogP contribution in [0.3, 0.4) is 0 Å². The van der Waals surface area contributed by atoms with Gasteiger partial charge in [-0.3, -0.25) is 4.90 Å². The number of hydrogen-bond acceptors (Lipinski definition) is 4. The Bertz CT molecular complexity index is 744. The third kappa shape index (κ3) is 4.43. The van der Waals surface area contributed by atoms with Crippen LogP contribution in [0.1, 0.15) is 30.9 Å². The van der Waals surface area contributed by atoms with E-state index in [-0.39, 0.29) is 12.1 Å². The average molecular weight is 356 g/mol. The van der Waals surface area contributed by atoms with Crippen molar-refractivity contribution >= 4 is 6.03 Å². The van der Waals surface area contributed by atoms with Crippen molar-refractivity contribution in [1.82, 2.24) is 20.1 Å². The van der Waals surface area contributed by atoms with Crippen LogP contribution >= 0.6 is 0 Å². The summed E-state index contributed by atoms with van der Waals surface area (Å²) in [5.74, 6) is 1.54. The molecule has 1 fully saturated rings. The van der Waals surface area contributed by atoms with E-state index in [9.17, 15) is 4.79 Å². The molecule has 1 N–H and O–H groups in total. The first-order valence-corrected chi connectivity index (χ1v) is 9.23. The molecule has 0 saturated carbocycles. The van der Waals surface area contributed by atoms with Gasteiger partial charge >= 0.3 is 6.03 Å². The number of urea groups is 1. The molecule has 140 valence electrons. The van der Waals surface area contributed by atoms with Crippen molar-refractivity contribution in [3.63, 3.8) is 0 Å². The Morgan fingerprint density at radius 2 is 1.81 bits per heavy atom. The number of rotatable bonds is 4. The van der Waals surface area contributed by atoms with Crippen molar-refractivity contribution in [2.24, 2.45) is 0 Å². The smallest absolute Gasteiger partial charge is 0.317 e. The topological polar surface area (TPSA) is 61.6 Å². The zero-order chi connectivity index (χ0) is 18.7. The molecule has 0 bridgehead atoms. The number of hydrogen-bond donors (Lipinski definition) is 1. The van der Waals surface area contributed by atoms with Crippen LogP contribution in [0.4, 0.5) is 4.79 Å². The molecular weight excluding hydrogens is 328 g/mol. The lowest BCUT2D eigenvalue weighted by Crippen LogP contribution is -2.52. The van der Waals surface area contributed by atoms with Gasteiger partial charge in [0.2, 0.25) is 5.89 Å². The molecule has 0 aliphatic carbocycles. The molecule has 2 amide bonds. The van der Waals surface area contributed by atoms with E-state index in [2.05, 4.69) is 29.3 Å². The summed E-state index contributed by atoms with van der Waals surface area (Å²) in [6.45, 7) is 11.9. The van der Waals surface area contributed by atoms with Gasteiger partial charge in [-0.2, -0.15) is 0 Å². The second-order valence-electron chi connectivity index (χ2n) is 7.26. The summed E-state index contributed by atoms with van der Waals surface area (Å²) in [5.41, 5.74) is 3.19. The monoisotopic (exact) mass is 356 g/mol. The van der Waals surface area contributed by atoms with Gasteiger partial charge in [-0.1, -0.05) is 17.7 Å². The molecule has 1 saturated heterocycles. The van der Waals surface area contributed by atoms with Crippen molar-refractivity contribution < 1.29 is 9.21 Å². The molecular formula is C20H28N4O2. The number of carbonyl (C=O) groups excluding carboxylic acids is 1. The second kappa shape index (κ2) is 7.91. The Labute approximate surface area is 155 Å². The largest absolute Gasteiger partial charge is 0.441 e. The lowest BCUT2D eigenvalue weighted by Gasteiger charge is -2.34. The summed E-state index contributed by atoms with van der Waals surface area (Å²) in [5, 5.41) is 2.95. The molecule has 0 radical (unpaired) electrons. The predicted molar refractivity (Wildman–Crippen MR) is 102 cm³/mol. The summed E-state index contributed by atoms with van der Waals surface area (Å²) in [6, 6.07) is 8.40. The lowest BCUT2D eigenvalue weighted by molar-refractivity contribution is 0.133. The average Bonchev–Trinajstić information content (AvgIpc) is 2.96. The molecule has 1 aromatic heterocycles. The van der Waals surface area contributed by atoms with Crippen molar-refractivity contribution in [2.45, 2.75) is 40.3 Å². The summed E-state index contributed by atoms with van der Waals surface area (Å²) >= 11 is 0. The van der Waals surface area contributed by atoms with Gasteiger partial charge in [0.1, 0.15) is 5.76 Å². The van der Waals surface area contributed by atoms with E-state index in [1.165, 1.54) is 5.56 Å². The number of aromatic nitrogens is 1. The van der Waals surface area contributed by atoms with Gasteiger partial charge in [0.15, 0.2) is 0 Å². The number of piperazine rings is 1. The fraction of sp³-hybridized carbons (Fsp3) is 0.500. The van der Waals surface area contributed by atoms with Crippen LogP contribution in [0.15, 0.2) is 28.7 Å². The highest BCUT2D eigenvalue weighted by atomic mass is 16.4. The first kappa shape index (κ1) is 18.5. The van der Waals surface area contributed by atoms with Crippen LogP contribution in [0.2, 0.25) is 0 Å². The fourth-order valence-electron chi connectivity index (χ4n) is 3.05. The second-order valence-corrected chi connectivity index (χ2v) is 7.26. The quantitative estimate of drug-likeness (QED) is 0.914. The summed E-state index contributed by atoms with van der Waals surface area (Å²) in [6.07, 6.45) is 0. The minimum atomic E-state index is 0.0268. The SMILES string of the molecule is Cc1ccc(-c2nc(CN3CCN(C(=O)NC(C)C)CC3)c(C)o2)cc1. The molecule has 1 aromatic carbocycles. The highest BCUT2D eigenvalue weighted by Gasteiger charge is 2.23. The molecule has 6 nitrogen and oxygen atoms in total. The minimum absolute atomic E-state index is 0.0268. The van der Waals surface area contributed by atoms with Gasteiger partial charge < -0.3 is 14.6 Å². The van der Waals surface area contributed by atoms with Crippen LogP contribution < -0.4 is 5.32 Å². The highest BCUT2D eigenvalue weighted by Crippen LogP contribution is 2.23. The van der Waals surface area contributed by atoms with Crippen molar-refractivity contribution in [3.05, 3.63) is 41.3 Å². The molecule has 0 unspecified atom stereocenters. The zero-order valence-corrected chi connectivity index (χ0v) is 16.1. The Morgan fingerprint density at radius 1 is 1.15 bits per heavy atom. The van der Waals surface area contributed by atoms with Crippen molar-refractivity contribution in [1.29, 1.82) is 0 Å². The molecule has 1 aliphatic rings. The van der Waals surface area contributed by atoms with Crippen LogP contribution in [-0.2, 0) is 6.54 Å². The number of oxazole rings is 1. The molecule has 2 aromatic rings. The molecule has 0 atom stereocenters. The Hall–Kier alpha value is -2.34. The fourth-order valence-corrected chi connectivity index (χ4v) is 3.05. The van der Waals surface area contributed by atoms with Crippen LogP contribution in [0.25, 0.3) is 11.5 Å². The minimum Gasteiger partial charge on any atom is -0.441 e. The number of amides is 2. The summed E-state index contributed by atoms with van der Waals surface area (Å²) in [4.78, 5) is 21.0. The van der Waals surface area contributed by atoms with Gasteiger partial charge in [-0.25, -0.2) is 9.78 Å². The predicted octanol–water partition coefficient (Wildman–Crippen LogP) is 3.19. The third-order valence-electron chi connectivity index (χ3n) is 4.64. The molecule has 6 heteroatoms. The maximum atomic E-state index is 12.1. The zero-order valence-electron chi connectivity index (χ0n) is 16.1. The third-order valence-corrected chi connectivity index (χ3v) is 4.64. The summed E-state index contributed by atoms with van der Waals surface area (Å²) < 4.78 is 5.87. The number of carbonyl (C=O) groups is 1. The Balaban J connectivity index is 1.59. The molecule has 0 spiro atoms. The number of nitrogens with zero attached hydrogens (tertiary/aromatic N) is 3. The Kier molecular flexibility index (Phi) is 5.61. The number of aryl methyl sites for hydroxylation is 2. The van der Waals surface area contributed by atoms with Gasteiger partial charge in [0.25, 0.3) is 0 Å². The van der Waals surface area contributed by atoms with Crippen LogP contribution in [-0.4, -0.2) is 53.0 Å². The number of nitrogens with one attached hydrogen (secondary N) is 1. The first-order valence-electron chi connectivity index (χ1n) is 9.23. The molecule has 3 rings (SSSR count). The van der Waals surface area contributed by atoms with E-state index < -0.39 is 0 Å². The van der Waals surface area contributed by atoms with E-state index in [0.717, 1.165) is 49.7 Å². The summed E-state index contributed by atoms with van der Waals surface area (Å²) in [7, 11) is 0. The van der Waals surface area contributed by atoms with E-state index >= 15 is 0 Å². The standard InChI is InChI=1S/C20H28N4O2/c1-14(2)21-20(25)24-11-9-23(10-12-24)13-18-16(4)26-19(22-18)17-7-5-15(3)6-8-17/h5-8,14H,9-13H2,1-4H3,(H,21,25). The van der Waals surface area contributed by atoms with E-state index in [1.807, 2.05) is 37.8 Å². The lowest BCUT2D eigenvalue weighted by atomic mass is 10.1. The normalized spacial score (nSPS) is 15.5. The molecule has 2 heterocycles. The van der Waals surface area contributed by atoms with Gasteiger partial charge in [0.05, 0.1) is 5.69 Å². The number of benzene rings is 1. The Morgan fingerprint density at radius 3 is 2.42 bits per heavy atom. The van der Waals surface area contributed by atoms with Gasteiger partial charge in [-0.05, 0) is 39.8 Å². The first-order chi connectivity index (χ1) is 12.4. The van der Waals surface area contributed by atoms with E-state index in [4.69, 9.17) is 9.40 Å². The van der Waals surface area contributed by atoms with Crippen molar-refractivity contribution in [3.8, 4) is 11.5 Å². The van der Waals surface area contributed by atoms with Crippen LogP contribution in [0, 0.1) is 13.8 Å². The van der Waals surface area contributed by atoms with E-state index in [1.54, 1.807) is 0 Å². The molecule has 1 aliphatic heterocycles. The van der Waals surface area contributed by atoms with E-state index in [0.29, 0.717) is 5.89 Å². The molecule has 26 heavy (non-hydrogen) atoms. The maximum absolute atomic E-state index is 12.1. The van der Waals surface area contributed by atoms with Crippen LogP contribution in [0.5, 0.6) is 0 Å².